The molecule has 0 aliphatic carbocycles. The van der Waals surface area contributed by atoms with Gasteiger partial charge in [0, 0.05) is 15.1 Å². The smallest absolute Gasteiger partial charge is 0.244 e. The Hall–Kier alpha value is -1.03. The van der Waals surface area contributed by atoms with Gasteiger partial charge in [0.25, 0.3) is 0 Å². The van der Waals surface area contributed by atoms with Crippen LogP contribution in [0.25, 0.3) is 0 Å². The molecule has 1 aromatic heterocycles. The molecule has 0 spiro atoms. The number of rotatable bonds is 4. The first-order valence-electron chi connectivity index (χ1n) is 5.81. The van der Waals surface area contributed by atoms with Crippen LogP contribution in [0.15, 0.2) is 38.4 Å². The molecule has 0 saturated carbocycles. The van der Waals surface area contributed by atoms with Gasteiger partial charge in [0.15, 0.2) is 0 Å². The maximum Gasteiger partial charge on any atom is 0.244 e. The second-order valence-electron chi connectivity index (χ2n) is 4.28. The van der Waals surface area contributed by atoms with Gasteiger partial charge in [-0.1, -0.05) is 15.9 Å². The third kappa shape index (κ3) is 4.00. The number of benzene rings is 1. The monoisotopic (exact) mass is 434 g/mol. The Morgan fingerprint density at radius 3 is 2.52 bits per heavy atom. The Balaban J connectivity index is 2.25. The molecule has 1 heterocycles. The largest absolute Gasteiger partial charge is 0.398 e. The number of halogens is 2. The summed E-state index contributed by atoms with van der Waals surface area (Å²) >= 11 is 6.47. The molecular weight excluding hydrogens is 424 g/mol. The van der Waals surface area contributed by atoms with E-state index in [0.29, 0.717) is 14.6 Å². The molecule has 0 radical (unpaired) electrons. The first kappa shape index (κ1) is 16.3. The Morgan fingerprint density at radius 1 is 1.24 bits per heavy atom. The average molecular weight is 436 g/mol. The predicted octanol–water partition coefficient (Wildman–Crippen LogP) is 2.37. The number of hydrogen-bond donors (Lipinski definition) is 2. The van der Waals surface area contributed by atoms with Crippen molar-refractivity contribution in [3.05, 3.63) is 44.9 Å². The highest BCUT2D eigenvalue weighted by Gasteiger charge is 2.21. The van der Waals surface area contributed by atoms with Crippen LogP contribution in [0.3, 0.4) is 0 Å². The van der Waals surface area contributed by atoms with Gasteiger partial charge in [-0.2, -0.15) is 0 Å². The molecule has 6 nitrogen and oxygen atoms in total. The van der Waals surface area contributed by atoms with E-state index in [1.165, 1.54) is 12.3 Å². The van der Waals surface area contributed by atoms with Crippen LogP contribution in [0.1, 0.15) is 11.4 Å². The van der Waals surface area contributed by atoms with Gasteiger partial charge in [0.2, 0.25) is 10.0 Å². The maximum atomic E-state index is 12.3. The summed E-state index contributed by atoms with van der Waals surface area (Å²) in [4.78, 5) is 8.16. The summed E-state index contributed by atoms with van der Waals surface area (Å²) in [5, 5.41) is 0. The number of hydrogen-bond acceptors (Lipinski definition) is 5. The van der Waals surface area contributed by atoms with Crippen molar-refractivity contribution in [3.63, 3.8) is 0 Å². The molecule has 0 fully saturated rings. The molecule has 2 aromatic rings. The van der Waals surface area contributed by atoms with Gasteiger partial charge in [-0.25, -0.2) is 13.1 Å². The first-order chi connectivity index (χ1) is 9.79. The highest BCUT2D eigenvalue weighted by atomic mass is 79.9. The minimum absolute atomic E-state index is 0.00534. The molecule has 0 amide bonds. The van der Waals surface area contributed by atoms with E-state index in [1.54, 1.807) is 19.2 Å². The molecule has 3 N–H and O–H groups in total. The molecule has 21 heavy (non-hydrogen) atoms. The van der Waals surface area contributed by atoms with Crippen molar-refractivity contribution in [2.45, 2.75) is 18.4 Å². The Bertz CT molecular complexity index is 740. The van der Waals surface area contributed by atoms with E-state index in [-0.39, 0.29) is 17.1 Å². The lowest BCUT2D eigenvalue weighted by atomic mass is 10.3. The maximum absolute atomic E-state index is 12.3. The van der Waals surface area contributed by atoms with Crippen molar-refractivity contribution in [3.8, 4) is 0 Å². The standard InChI is InChI=1S/C12H12Br2N4O2S/c1-7-4-17-9(5-16-7)6-18-21(19,20)12-10(14)2-8(13)3-11(12)15/h2-5,18H,6,15H2,1H3. The summed E-state index contributed by atoms with van der Waals surface area (Å²) in [6.45, 7) is 1.85. The van der Waals surface area contributed by atoms with Crippen LogP contribution in [-0.4, -0.2) is 18.4 Å². The van der Waals surface area contributed by atoms with Gasteiger partial charge in [-0.15, -0.1) is 0 Å². The van der Waals surface area contributed by atoms with Crippen LogP contribution in [0.4, 0.5) is 5.69 Å². The van der Waals surface area contributed by atoms with Crippen LogP contribution in [0.5, 0.6) is 0 Å². The lowest BCUT2D eigenvalue weighted by Gasteiger charge is -2.11. The molecule has 1 aromatic carbocycles. The van der Waals surface area contributed by atoms with Crippen molar-refractivity contribution in [2.75, 3.05) is 5.73 Å². The van der Waals surface area contributed by atoms with Crippen LogP contribution in [0, 0.1) is 6.92 Å². The second kappa shape index (κ2) is 6.39. The molecule has 2 rings (SSSR count). The molecule has 0 saturated heterocycles. The summed E-state index contributed by atoms with van der Waals surface area (Å²) in [6.07, 6.45) is 3.10. The zero-order valence-corrected chi connectivity index (χ0v) is 15.0. The molecule has 112 valence electrons. The van der Waals surface area contributed by atoms with Gasteiger partial charge in [0.1, 0.15) is 4.90 Å². The highest BCUT2D eigenvalue weighted by Crippen LogP contribution is 2.31. The Kier molecular flexibility index (Phi) is 4.97. The SMILES string of the molecule is Cc1cnc(CNS(=O)(=O)c2c(N)cc(Br)cc2Br)cn1. The van der Waals surface area contributed by atoms with Crippen LogP contribution < -0.4 is 10.5 Å². The number of nitrogen functional groups attached to an aromatic ring is 1. The summed E-state index contributed by atoms with van der Waals surface area (Å²) < 4.78 is 28.2. The lowest BCUT2D eigenvalue weighted by molar-refractivity contribution is 0.580. The number of anilines is 1. The van der Waals surface area contributed by atoms with Crippen LogP contribution in [0.2, 0.25) is 0 Å². The van der Waals surface area contributed by atoms with Crippen molar-refractivity contribution in [1.29, 1.82) is 0 Å². The van der Waals surface area contributed by atoms with E-state index in [1.807, 2.05) is 0 Å². The number of aromatic nitrogens is 2. The minimum Gasteiger partial charge on any atom is -0.398 e. The summed E-state index contributed by atoms with van der Waals surface area (Å²) in [5.41, 5.74) is 7.23. The fourth-order valence-corrected chi connectivity index (χ4v) is 4.68. The van der Waals surface area contributed by atoms with E-state index in [2.05, 4.69) is 46.5 Å². The lowest BCUT2D eigenvalue weighted by Crippen LogP contribution is -2.25. The Labute approximate surface area is 139 Å². The zero-order valence-electron chi connectivity index (χ0n) is 11.0. The van der Waals surface area contributed by atoms with Crippen molar-refractivity contribution < 1.29 is 8.42 Å². The minimum atomic E-state index is -3.76. The van der Waals surface area contributed by atoms with E-state index in [4.69, 9.17) is 5.73 Å². The third-order valence-corrected chi connectivity index (χ3v) is 5.45. The van der Waals surface area contributed by atoms with Gasteiger partial charge >= 0.3 is 0 Å². The molecule has 9 heteroatoms. The predicted molar refractivity (Wildman–Crippen MR) is 87.0 cm³/mol. The van der Waals surface area contributed by atoms with Crippen LogP contribution in [-0.2, 0) is 16.6 Å². The number of nitrogens with one attached hydrogen (secondary N) is 1. The van der Waals surface area contributed by atoms with Gasteiger partial charge in [-0.3, -0.25) is 9.97 Å². The molecular formula is C12H12Br2N4O2S. The number of nitrogens with two attached hydrogens (primary N) is 1. The average Bonchev–Trinajstić information content (AvgIpc) is 2.36. The van der Waals surface area contributed by atoms with Crippen molar-refractivity contribution in [1.82, 2.24) is 14.7 Å². The van der Waals surface area contributed by atoms with Crippen molar-refractivity contribution in [2.24, 2.45) is 0 Å². The quantitative estimate of drug-likeness (QED) is 0.718. The second-order valence-corrected chi connectivity index (χ2v) is 7.75. The third-order valence-electron chi connectivity index (χ3n) is 2.58. The van der Waals surface area contributed by atoms with E-state index < -0.39 is 10.0 Å². The zero-order chi connectivity index (χ0) is 15.6. The number of aryl methyl sites for hydroxylation is 1. The Morgan fingerprint density at radius 2 is 1.95 bits per heavy atom. The molecule has 0 aliphatic rings. The molecule has 0 atom stereocenters. The van der Waals surface area contributed by atoms with E-state index in [9.17, 15) is 8.42 Å². The summed E-state index contributed by atoms with van der Waals surface area (Å²) in [6, 6.07) is 3.15. The summed E-state index contributed by atoms with van der Waals surface area (Å²) in [7, 11) is -3.76. The molecule has 0 unspecified atom stereocenters. The van der Waals surface area contributed by atoms with Gasteiger partial charge < -0.3 is 5.73 Å². The van der Waals surface area contributed by atoms with E-state index >= 15 is 0 Å². The number of sulfonamides is 1. The highest BCUT2D eigenvalue weighted by molar-refractivity contribution is 9.11. The molecule has 0 aliphatic heterocycles. The van der Waals surface area contributed by atoms with Crippen LogP contribution >= 0.6 is 31.9 Å². The van der Waals surface area contributed by atoms with Crippen molar-refractivity contribution >= 4 is 47.6 Å². The van der Waals surface area contributed by atoms with Gasteiger partial charge in [0.05, 0.1) is 29.8 Å². The topological polar surface area (TPSA) is 98.0 Å². The van der Waals surface area contributed by atoms with Gasteiger partial charge in [-0.05, 0) is 35.0 Å². The first-order valence-corrected chi connectivity index (χ1v) is 8.88. The molecule has 0 bridgehead atoms. The normalized spacial score (nSPS) is 11.6. The number of nitrogens with zero attached hydrogens (tertiary/aromatic N) is 2. The summed E-state index contributed by atoms with van der Waals surface area (Å²) in [5.74, 6) is 0. The fraction of sp³-hybridized carbons (Fsp3) is 0.167. The van der Waals surface area contributed by atoms with E-state index in [0.717, 1.165) is 5.69 Å². The fourth-order valence-electron chi connectivity index (χ4n) is 1.62.